The Kier molecular flexibility index (Phi) is 5.03. The summed E-state index contributed by atoms with van der Waals surface area (Å²) >= 11 is 3.27. The minimum atomic E-state index is -2.87. The molecule has 9 heteroatoms. The third-order valence-electron chi connectivity index (χ3n) is 3.54. The van der Waals surface area contributed by atoms with Gasteiger partial charge in [-0.25, -0.2) is 28.1 Å². The van der Waals surface area contributed by atoms with E-state index in [-0.39, 0.29) is 12.1 Å². The fourth-order valence-corrected chi connectivity index (χ4v) is 2.76. The zero-order chi connectivity index (χ0) is 18.0. The molecule has 130 valence electrons. The number of fused-ring (bicyclic) bond motifs is 1. The summed E-state index contributed by atoms with van der Waals surface area (Å²) in [5, 5.41) is 3.55. The van der Waals surface area contributed by atoms with Gasteiger partial charge >= 0.3 is 0 Å². The molecule has 1 aromatic carbocycles. The number of pyridine rings is 1. The molecule has 0 unspecified atom stereocenters. The van der Waals surface area contributed by atoms with Crippen LogP contribution in [0.5, 0.6) is 5.88 Å². The second kappa shape index (κ2) is 7.22. The SMILES string of the molecule is COc1nc(Br)cc2c(NCc3cccc(C(F)F)c3F)ncnc12. The van der Waals surface area contributed by atoms with E-state index in [2.05, 4.69) is 36.2 Å². The molecule has 0 saturated heterocycles. The monoisotopic (exact) mass is 412 g/mol. The quantitative estimate of drug-likeness (QED) is 0.625. The molecular weight excluding hydrogens is 401 g/mol. The van der Waals surface area contributed by atoms with Crippen molar-refractivity contribution in [2.24, 2.45) is 0 Å². The van der Waals surface area contributed by atoms with Crippen molar-refractivity contribution in [2.75, 3.05) is 12.4 Å². The summed E-state index contributed by atoms with van der Waals surface area (Å²) in [6.45, 7) is -0.0131. The Morgan fingerprint density at radius 1 is 1.28 bits per heavy atom. The van der Waals surface area contributed by atoms with E-state index in [1.54, 1.807) is 6.07 Å². The van der Waals surface area contributed by atoms with Crippen molar-refractivity contribution in [1.29, 1.82) is 0 Å². The van der Waals surface area contributed by atoms with Gasteiger partial charge in [-0.15, -0.1) is 0 Å². The number of hydrogen-bond acceptors (Lipinski definition) is 5. The zero-order valence-electron chi connectivity index (χ0n) is 12.9. The first kappa shape index (κ1) is 17.4. The largest absolute Gasteiger partial charge is 0.479 e. The lowest BCUT2D eigenvalue weighted by atomic mass is 10.1. The van der Waals surface area contributed by atoms with Crippen LogP contribution in [0.1, 0.15) is 17.6 Å². The Hall–Kier alpha value is -2.42. The Morgan fingerprint density at radius 2 is 2.08 bits per heavy atom. The number of methoxy groups -OCH3 is 1. The summed E-state index contributed by atoms with van der Waals surface area (Å²) in [5.74, 6) is -0.210. The van der Waals surface area contributed by atoms with Crippen LogP contribution < -0.4 is 10.1 Å². The Morgan fingerprint density at radius 3 is 2.80 bits per heavy atom. The minimum absolute atomic E-state index is 0.0131. The van der Waals surface area contributed by atoms with Crippen LogP contribution in [-0.4, -0.2) is 22.1 Å². The number of hydrogen-bond donors (Lipinski definition) is 1. The van der Waals surface area contributed by atoms with E-state index in [1.807, 2.05) is 0 Å². The summed E-state index contributed by atoms with van der Waals surface area (Å²) in [6.07, 6.45) is -1.56. The first-order chi connectivity index (χ1) is 12.0. The number of aromatic nitrogens is 3. The maximum absolute atomic E-state index is 14.1. The van der Waals surface area contributed by atoms with E-state index >= 15 is 0 Å². The second-order valence-electron chi connectivity index (χ2n) is 5.05. The first-order valence-electron chi connectivity index (χ1n) is 7.15. The molecule has 0 bridgehead atoms. The van der Waals surface area contributed by atoms with Crippen molar-refractivity contribution in [2.45, 2.75) is 13.0 Å². The van der Waals surface area contributed by atoms with E-state index in [4.69, 9.17) is 4.74 Å². The van der Waals surface area contributed by atoms with E-state index in [9.17, 15) is 13.2 Å². The van der Waals surface area contributed by atoms with Crippen LogP contribution in [0.25, 0.3) is 10.9 Å². The molecular formula is C16H12BrF3N4O. The molecule has 5 nitrogen and oxygen atoms in total. The maximum atomic E-state index is 14.1. The topological polar surface area (TPSA) is 59.9 Å². The minimum Gasteiger partial charge on any atom is -0.479 e. The van der Waals surface area contributed by atoms with Crippen molar-refractivity contribution in [3.05, 3.63) is 52.1 Å². The molecule has 0 fully saturated rings. The van der Waals surface area contributed by atoms with Gasteiger partial charge in [0.1, 0.15) is 28.1 Å². The van der Waals surface area contributed by atoms with Gasteiger partial charge in [-0.1, -0.05) is 18.2 Å². The molecule has 1 N–H and O–H groups in total. The number of benzene rings is 1. The first-order valence-corrected chi connectivity index (χ1v) is 7.95. The number of halogens is 4. The summed E-state index contributed by atoms with van der Waals surface area (Å²) < 4.78 is 45.4. The smallest absolute Gasteiger partial charge is 0.266 e. The highest BCUT2D eigenvalue weighted by Crippen LogP contribution is 2.29. The molecule has 0 aliphatic carbocycles. The molecule has 3 rings (SSSR count). The predicted octanol–water partition coefficient (Wildman–Crippen LogP) is 4.48. The van der Waals surface area contributed by atoms with Gasteiger partial charge in [-0.2, -0.15) is 0 Å². The Balaban J connectivity index is 1.95. The van der Waals surface area contributed by atoms with Gasteiger partial charge in [0.2, 0.25) is 5.88 Å². The van der Waals surface area contributed by atoms with Crippen LogP contribution in [0.2, 0.25) is 0 Å². The van der Waals surface area contributed by atoms with E-state index in [0.717, 1.165) is 6.07 Å². The third-order valence-corrected chi connectivity index (χ3v) is 3.95. The summed E-state index contributed by atoms with van der Waals surface area (Å²) in [5.41, 5.74) is -0.0323. The van der Waals surface area contributed by atoms with Crippen molar-refractivity contribution < 1.29 is 17.9 Å². The van der Waals surface area contributed by atoms with Crippen LogP contribution in [0, 0.1) is 5.82 Å². The van der Waals surface area contributed by atoms with Gasteiger partial charge < -0.3 is 10.1 Å². The molecule has 2 aromatic heterocycles. The van der Waals surface area contributed by atoms with Gasteiger partial charge in [0.15, 0.2) is 0 Å². The van der Waals surface area contributed by atoms with Gasteiger partial charge in [0.05, 0.1) is 18.1 Å². The number of alkyl halides is 2. The van der Waals surface area contributed by atoms with Gasteiger partial charge in [-0.05, 0) is 22.0 Å². The molecule has 3 aromatic rings. The molecule has 0 aliphatic rings. The summed E-state index contributed by atoms with van der Waals surface area (Å²) in [4.78, 5) is 12.4. The van der Waals surface area contributed by atoms with Crippen molar-refractivity contribution in [3.8, 4) is 5.88 Å². The number of anilines is 1. The standard InChI is InChI=1S/C16H12BrF3N4O/c1-25-16-13-10(5-11(17)24-16)15(23-7-22-13)21-6-8-3-2-4-9(12(8)18)14(19)20/h2-5,7,14H,6H2,1H3,(H,21,22,23). The number of nitrogens with zero attached hydrogens (tertiary/aromatic N) is 3. The van der Waals surface area contributed by atoms with Crippen molar-refractivity contribution in [1.82, 2.24) is 15.0 Å². The van der Waals surface area contributed by atoms with E-state index in [0.29, 0.717) is 27.2 Å². The number of ether oxygens (including phenoxy) is 1. The molecule has 2 heterocycles. The lowest BCUT2D eigenvalue weighted by Gasteiger charge is -2.12. The highest BCUT2D eigenvalue weighted by atomic mass is 79.9. The summed E-state index contributed by atoms with van der Waals surface area (Å²) in [7, 11) is 1.47. The molecule has 0 amide bonds. The third kappa shape index (κ3) is 3.51. The zero-order valence-corrected chi connectivity index (χ0v) is 14.5. The summed E-state index contributed by atoms with van der Waals surface area (Å²) in [6, 6.07) is 5.59. The maximum Gasteiger partial charge on any atom is 0.266 e. The lowest BCUT2D eigenvalue weighted by Crippen LogP contribution is -2.06. The normalized spacial score (nSPS) is 11.1. The van der Waals surface area contributed by atoms with Crippen LogP contribution in [0.4, 0.5) is 19.0 Å². The molecule has 0 atom stereocenters. The second-order valence-corrected chi connectivity index (χ2v) is 5.86. The van der Waals surface area contributed by atoms with Crippen LogP contribution in [0.3, 0.4) is 0 Å². The van der Waals surface area contributed by atoms with Crippen LogP contribution >= 0.6 is 15.9 Å². The molecule has 0 radical (unpaired) electrons. The molecule has 0 spiro atoms. The van der Waals surface area contributed by atoms with Crippen LogP contribution in [0.15, 0.2) is 35.2 Å². The van der Waals surface area contributed by atoms with E-state index < -0.39 is 17.8 Å². The molecule has 0 saturated carbocycles. The number of rotatable bonds is 5. The number of nitrogens with one attached hydrogen (secondary N) is 1. The van der Waals surface area contributed by atoms with E-state index in [1.165, 1.54) is 25.6 Å². The van der Waals surface area contributed by atoms with Crippen molar-refractivity contribution >= 4 is 32.7 Å². The fraction of sp³-hybridized carbons (Fsp3) is 0.188. The lowest BCUT2D eigenvalue weighted by molar-refractivity contribution is 0.146. The highest BCUT2D eigenvalue weighted by molar-refractivity contribution is 9.10. The molecule has 25 heavy (non-hydrogen) atoms. The fourth-order valence-electron chi connectivity index (χ4n) is 2.37. The molecule has 0 aliphatic heterocycles. The van der Waals surface area contributed by atoms with Gasteiger partial charge in [0.25, 0.3) is 6.43 Å². The highest BCUT2D eigenvalue weighted by Gasteiger charge is 2.17. The Bertz CT molecular complexity index is 923. The average Bonchev–Trinajstić information content (AvgIpc) is 2.60. The average molecular weight is 413 g/mol. The van der Waals surface area contributed by atoms with Crippen LogP contribution in [-0.2, 0) is 6.54 Å². The predicted molar refractivity (Wildman–Crippen MR) is 90.3 cm³/mol. The van der Waals surface area contributed by atoms with Gasteiger partial charge in [0, 0.05) is 12.1 Å². The Labute approximate surface area is 149 Å². The van der Waals surface area contributed by atoms with Crippen molar-refractivity contribution in [3.63, 3.8) is 0 Å². The van der Waals surface area contributed by atoms with Gasteiger partial charge in [-0.3, -0.25) is 0 Å².